The average molecular weight is 198 g/mol. The SMILES string of the molecule is COCCNCCN1C(=O)C=CC1=O. The maximum absolute atomic E-state index is 11.1. The van der Waals surface area contributed by atoms with E-state index in [4.69, 9.17) is 4.74 Å². The van der Waals surface area contributed by atoms with Crippen molar-refractivity contribution in [3.05, 3.63) is 12.2 Å². The quantitative estimate of drug-likeness (QED) is 0.446. The van der Waals surface area contributed by atoms with Gasteiger partial charge in [0.2, 0.25) is 0 Å². The first-order valence-electron chi connectivity index (χ1n) is 4.49. The van der Waals surface area contributed by atoms with Gasteiger partial charge in [-0.1, -0.05) is 0 Å². The molecule has 0 unspecified atom stereocenters. The van der Waals surface area contributed by atoms with Crippen molar-refractivity contribution in [2.45, 2.75) is 0 Å². The summed E-state index contributed by atoms with van der Waals surface area (Å²) in [6, 6.07) is 0. The zero-order valence-corrected chi connectivity index (χ0v) is 8.16. The summed E-state index contributed by atoms with van der Waals surface area (Å²) in [7, 11) is 1.62. The summed E-state index contributed by atoms with van der Waals surface area (Å²) in [5.41, 5.74) is 0. The minimum atomic E-state index is -0.233. The van der Waals surface area contributed by atoms with Crippen LogP contribution in [-0.4, -0.2) is 50.1 Å². The van der Waals surface area contributed by atoms with Crippen LogP contribution in [0.1, 0.15) is 0 Å². The Morgan fingerprint density at radius 1 is 1.29 bits per heavy atom. The van der Waals surface area contributed by atoms with Crippen LogP contribution in [-0.2, 0) is 14.3 Å². The average Bonchev–Trinajstić information content (AvgIpc) is 2.48. The van der Waals surface area contributed by atoms with Gasteiger partial charge >= 0.3 is 0 Å². The van der Waals surface area contributed by atoms with Gasteiger partial charge in [0, 0.05) is 38.9 Å². The van der Waals surface area contributed by atoms with Crippen LogP contribution in [0.25, 0.3) is 0 Å². The number of ether oxygens (including phenoxy) is 1. The second-order valence-corrected chi connectivity index (χ2v) is 2.90. The Bertz CT molecular complexity index is 232. The van der Waals surface area contributed by atoms with Crippen LogP contribution >= 0.6 is 0 Å². The Kier molecular flexibility index (Phi) is 4.28. The molecule has 2 amide bonds. The van der Waals surface area contributed by atoms with Gasteiger partial charge in [0.05, 0.1) is 6.61 Å². The molecule has 1 aliphatic rings. The van der Waals surface area contributed by atoms with E-state index >= 15 is 0 Å². The van der Waals surface area contributed by atoms with Crippen molar-refractivity contribution in [2.75, 3.05) is 33.4 Å². The summed E-state index contributed by atoms with van der Waals surface area (Å²) in [6.45, 7) is 2.36. The molecule has 0 fully saturated rings. The number of carbonyl (C=O) groups excluding carboxylic acids is 2. The fourth-order valence-electron chi connectivity index (χ4n) is 1.14. The van der Waals surface area contributed by atoms with E-state index in [2.05, 4.69) is 5.32 Å². The molecule has 0 aromatic heterocycles. The molecule has 5 heteroatoms. The summed E-state index contributed by atoms with van der Waals surface area (Å²) < 4.78 is 4.83. The van der Waals surface area contributed by atoms with Crippen molar-refractivity contribution in [3.63, 3.8) is 0 Å². The molecule has 0 spiro atoms. The van der Waals surface area contributed by atoms with Gasteiger partial charge in [-0.2, -0.15) is 0 Å². The largest absolute Gasteiger partial charge is 0.383 e. The molecule has 78 valence electrons. The van der Waals surface area contributed by atoms with E-state index in [0.29, 0.717) is 19.7 Å². The lowest BCUT2D eigenvalue weighted by Gasteiger charge is -2.13. The Hall–Kier alpha value is -1.20. The number of carbonyl (C=O) groups is 2. The fourth-order valence-corrected chi connectivity index (χ4v) is 1.14. The summed E-state index contributed by atoms with van der Waals surface area (Å²) >= 11 is 0. The summed E-state index contributed by atoms with van der Waals surface area (Å²) in [5.74, 6) is -0.466. The number of hydrogen-bond acceptors (Lipinski definition) is 4. The highest BCUT2D eigenvalue weighted by molar-refractivity contribution is 6.12. The van der Waals surface area contributed by atoms with Crippen LogP contribution in [0.15, 0.2) is 12.2 Å². The number of nitrogens with one attached hydrogen (secondary N) is 1. The third-order valence-electron chi connectivity index (χ3n) is 1.90. The third-order valence-corrected chi connectivity index (χ3v) is 1.90. The van der Waals surface area contributed by atoms with E-state index < -0.39 is 0 Å². The normalized spacial score (nSPS) is 15.6. The van der Waals surface area contributed by atoms with Gasteiger partial charge < -0.3 is 10.1 Å². The molecule has 0 saturated carbocycles. The van der Waals surface area contributed by atoms with Crippen molar-refractivity contribution in [3.8, 4) is 0 Å². The van der Waals surface area contributed by atoms with Crippen LogP contribution in [0.5, 0.6) is 0 Å². The molecule has 0 bridgehead atoms. The van der Waals surface area contributed by atoms with Gasteiger partial charge in [-0.25, -0.2) is 0 Å². The number of imide groups is 1. The third kappa shape index (κ3) is 2.93. The summed E-state index contributed by atoms with van der Waals surface area (Å²) in [5, 5.41) is 3.06. The topological polar surface area (TPSA) is 58.6 Å². The van der Waals surface area contributed by atoms with Gasteiger partial charge in [0.25, 0.3) is 11.8 Å². The summed E-state index contributed by atoms with van der Waals surface area (Å²) in [6.07, 6.45) is 2.58. The highest BCUT2D eigenvalue weighted by Gasteiger charge is 2.21. The molecule has 0 radical (unpaired) electrons. The Morgan fingerprint density at radius 2 is 1.93 bits per heavy atom. The lowest BCUT2D eigenvalue weighted by atomic mass is 10.5. The van der Waals surface area contributed by atoms with Gasteiger partial charge in [0.15, 0.2) is 0 Å². The zero-order valence-electron chi connectivity index (χ0n) is 8.16. The lowest BCUT2D eigenvalue weighted by molar-refractivity contribution is -0.136. The summed E-state index contributed by atoms with van der Waals surface area (Å²) in [4.78, 5) is 23.3. The molecule has 1 N–H and O–H groups in total. The number of hydrogen-bond donors (Lipinski definition) is 1. The van der Waals surface area contributed by atoms with Gasteiger partial charge in [-0.15, -0.1) is 0 Å². The number of rotatable bonds is 6. The molecule has 1 rings (SSSR count). The molecule has 14 heavy (non-hydrogen) atoms. The molecule has 0 atom stereocenters. The number of nitrogens with zero attached hydrogens (tertiary/aromatic N) is 1. The van der Waals surface area contributed by atoms with E-state index in [0.717, 1.165) is 6.54 Å². The zero-order chi connectivity index (χ0) is 10.4. The Morgan fingerprint density at radius 3 is 2.50 bits per heavy atom. The van der Waals surface area contributed by atoms with E-state index in [1.54, 1.807) is 7.11 Å². The van der Waals surface area contributed by atoms with Crippen molar-refractivity contribution in [1.29, 1.82) is 0 Å². The highest BCUT2D eigenvalue weighted by atomic mass is 16.5. The van der Waals surface area contributed by atoms with Crippen molar-refractivity contribution >= 4 is 11.8 Å². The van der Waals surface area contributed by atoms with E-state index in [1.165, 1.54) is 17.1 Å². The van der Waals surface area contributed by atoms with Crippen LogP contribution in [0.4, 0.5) is 0 Å². The molecule has 0 aliphatic carbocycles. The minimum absolute atomic E-state index is 0.233. The van der Waals surface area contributed by atoms with Crippen LogP contribution in [0.2, 0.25) is 0 Å². The minimum Gasteiger partial charge on any atom is -0.383 e. The van der Waals surface area contributed by atoms with E-state index in [9.17, 15) is 9.59 Å². The van der Waals surface area contributed by atoms with Crippen LogP contribution in [0.3, 0.4) is 0 Å². The van der Waals surface area contributed by atoms with Crippen molar-refractivity contribution < 1.29 is 14.3 Å². The monoisotopic (exact) mass is 198 g/mol. The van der Waals surface area contributed by atoms with Crippen molar-refractivity contribution in [1.82, 2.24) is 10.2 Å². The smallest absolute Gasteiger partial charge is 0.253 e. The maximum atomic E-state index is 11.1. The van der Waals surface area contributed by atoms with Crippen LogP contribution in [0, 0.1) is 0 Å². The van der Waals surface area contributed by atoms with Crippen molar-refractivity contribution in [2.24, 2.45) is 0 Å². The molecular weight excluding hydrogens is 184 g/mol. The number of amides is 2. The molecule has 1 heterocycles. The first kappa shape index (κ1) is 10.9. The van der Waals surface area contributed by atoms with Crippen LogP contribution < -0.4 is 5.32 Å². The second kappa shape index (κ2) is 5.51. The standard InChI is InChI=1S/C9H14N2O3/c1-14-7-5-10-4-6-11-8(12)2-3-9(11)13/h2-3,10H,4-7H2,1H3. The molecular formula is C9H14N2O3. The first-order chi connectivity index (χ1) is 6.75. The molecule has 0 saturated heterocycles. The fraction of sp³-hybridized carbons (Fsp3) is 0.556. The molecule has 5 nitrogen and oxygen atoms in total. The number of methoxy groups -OCH3 is 1. The predicted octanol–water partition coefficient (Wildman–Crippen LogP) is -0.853. The maximum Gasteiger partial charge on any atom is 0.253 e. The second-order valence-electron chi connectivity index (χ2n) is 2.90. The van der Waals surface area contributed by atoms with Gasteiger partial charge in [-0.3, -0.25) is 14.5 Å². The molecule has 1 aliphatic heterocycles. The molecule has 0 aromatic rings. The Balaban J connectivity index is 2.13. The van der Waals surface area contributed by atoms with E-state index in [1.807, 2.05) is 0 Å². The molecule has 0 aromatic carbocycles. The predicted molar refractivity (Wildman–Crippen MR) is 50.6 cm³/mol. The highest BCUT2D eigenvalue weighted by Crippen LogP contribution is 2.01. The lowest BCUT2D eigenvalue weighted by Crippen LogP contribution is -2.37. The Labute approximate surface area is 82.7 Å². The van der Waals surface area contributed by atoms with E-state index in [-0.39, 0.29) is 11.8 Å². The van der Waals surface area contributed by atoms with Gasteiger partial charge in [-0.05, 0) is 0 Å². The van der Waals surface area contributed by atoms with Gasteiger partial charge in [0.1, 0.15) is 0 Å². The first-order valence-corrected chi connectivity index (χ1v) is 4.49.